The third-order valence-corrected chi connectivity index (χ3v) is 5.90. The molecule has 2 amide bonds. The molecule has 0 spiro atoms. The summed E-state index contributed by atoms with van der Waals surface area (Å²) in [6.45, 7) is -0.460. The number of aliphatic carboxylic acids is 1. The first kappa shape index (κ1) is 19.1. The van der Waals surface area contributed by atoms with Crippen LogP contribution in [0.25, 0.3) is 0 Å². The normalized spacial score (nSPS) is 22.2. The van der Waals surface area contributed by atoms with Crippen LogP contribution in [0.3, 0.4) is 0 Å². The standard InChI is InChI=1S/C14H15N5O6S2/c1-25-18-7(6-4-27-14(15)16-6)10(21)17-8-11(22)19-9(13(23)24)5(2-20)3-26-12(8)19/h4,8,12,20H,2-3H2,1H3,(H2,15,16)(H,17,21)(H,23,24)/b18-7+/t8-,12?/m1/s1. The Morgan fingerprint density at radius 3 is 2.85 bits per heavy atom. The van der Waals surface area contributed by atoms with Crippen molar-refractivity contribution in [1.82, 2.24) is 15.2 Å². The molecule has 0 radical (unpaired) electrons. The number of β-lactam (4-membered cyclic amide) rings is 1. The Morgan fingerprint density at radius 1 is 1.56 bits per heavy atom. The fraction of sp³-hybridized carbons (Fsp3) is 0.357. The van der Waals surface area contributed by atoms with Gasteiger partial charge in [0.2, 0.25) is 0 Å². The van der Waals surface area contributed by atoms with E-state index < -0.39 is 35.8 Å². The van der Waals surface area contributed by atoms with Crippen LogP contribution >= 0.6 is 23.1 Å². The Balaban J connectivity index is 1.79. The molecule has 3 rings (SSSR count). The Hall–Kier alpha value is -2.64. The molecule has 1 aromatic heterocycles. The second-order valence-electron chi connectivity index (χ2n) is 5.47. The first-order valence-electron chi connectivity index (χ1n) is 7.53. The predicted octanol–water partition coefficient (Wildman–Crippen LogP) is -1.19. The summed E-state index contributed by atoms with van der Waals surface area (Å²) in [5, 5.41) is 26.0. The van der Waals surface area contributed by atoms with Gasteiger partial charge < -0.3 is 26.1 Å². The van der Waals surface area contributed by atoms with Crippen molar-refractivity contribution in [1.29, 1.82) is 0 Å². The lowest BCUT2D eigenvalue weighted by Gasteiger charge is -2.49. The number of carboxylic acids is 1. The number of nitrogens with one attached hydrogen (secondary N) is 1. The number of thioether (sulfide) groups is 1. The van der Waals surface area contributed by atoms with Gasteiger partial charge >= 0.3 is 5.97 Å². The van der Waals surface area contributed by atoms with E-state index in [1.165, 1.54) is 24.3 Å². The Morgan fingerprint density at radius 2 is 2.30 bits per heavy atom. The van der Waals surface area contributed by atoms with Crippen molar-refractivity contribution in [2.45, 2.75) is 11.4 Å². The SMILES string of the molecule is CO/N=C(/C(=O)N[C@@H]1C(=O)N2C(C(=O)O)=C(CO)CSC12)c1csc(N)n1. The van der Waals surface area contributed by atoms with E-state index in [4.69, 9.17) is 5.73 Å². The van der Waals surface area contributed by atoms with E-state index in [2.05, 4.69) is 20.3 Å². The van der Waals surface area contributed by atoms with Crippen molar-refractivity contribution >= 4 is 51.7 Å². The molecule has 1 fully saturated rings. The van der Waals surface area contributed by atoms with Crippen molar-refractivity contribution in [2.75, 3.05) is 25.2 Å². The number of carbonyl (C=O) groups is 3. The number of nitrogens with zero attached hydrogens (tertiary/aromatic N) is 3. The average molecular weight is 413 g/mol. The van der Waals surface area contributed by atoms with E-state index in [1.54, 1.807) is 0 Å². The van der Waals surface area contributed by atoms with Gasteiger partial charge in [0, 0.05) is 11.1 Å². The number of nitrogens with two attached hydrogens (primary N) is 1. The largest absolute Gasteiger partial charge is 0.477 e. The second-order valence-corrected chi connectivity index (χ2v) is 7.46. The van der Waals surface area contributed by atoms with Gasteiger partial charge in [0.1, 0.15) is 29.9 Å². The lowest BCUT2D eigenvalue weighted by molar-refractivity contribution is -0.150. The van der Waals surface area contributed by atoms with Crippen LogP contribution in [0, 0.1) is 0 Å². The minimum absolute atomic E-state index is 0.150. The van der Waals surface area contributed by atoms with Gasteiger partial charge in [0.25, 0.3) is 11.8 Å². The maximum absolute atomic E-state index is 12.6. The summed E-state index contributed by atoms with van der Waals surface area (Å²) in [6.07, 6.45) is 0. The number of amides is 2. The number of fused-ring (bicyclic) bond motifs is 1. The number of thiazole rings is 1. The number of nitrogen functional groups attached to an aromatic ring is 1. The van der Waals surface area contributed by atoms with E-state index >= 15 is 0 Å². The topological polar surface area (TPSA) is 167 Å². The van der Waals surface area contributed by atoms with Crippen LogP contribution in [0.1, 0.15) is 5.69 Å². The van der Waals surface area contributed by atoms with E-state index in [9.17, 15) is 24.6 Å². The molecule has 0 aromatic carbocycles. The van der Waals surface area contributed by atoms with Gasteiger partial charge in [0.15, 0.2) is 10.8 Å². The predicted molar refractivity (Wildman–Crippen MR) is 96.8 cm³/mol. The zero-order valence-corrected chi connectivity index (χ0v) is 15.5. The van der Waals surface area contributed by atoms with E-state index in [1.807, 2.05) is 0 Å². The van der Waals surface area contributed by atoms with Crippen LogP contribution in [0.5, 0.6) is 0 Å². The molecular weight excluding hydrogens is 398 g/mol. The number of aliphatic hydroxyl groups is 1. The highest BCUT2D eigenvalue weighted by Gasteiger charge is 2.54. The first-order valence-corrected chi connectivity index (χ1v) is 9.46. The molecule has 1 unspecified atom stereocenters. The molecule has 3 heterocycles. The summed E-state index contributed by atoms with van der Waals surface area (Å²) >= 11 is 2.37. The molecular formula is C14H15N5O6S2. The maximum Gasteiger partial charge on any atom is 0.352 e. The van der Waals surface area contributed by atoms with Crippen LogP contribution in [0.15, 0.2) is 21.8 Å². The lowest BCUT2D eigenvalue weighted by Crippen LogP contribution is -2.71. The van der Waals surface area contributed by atoms with Crippen molar-refractivity contribution in [3.05, 3.63) is 22.3 Å². The van der Waals surface area contributed by atoms with E-state index in [0.717, 1.165) is 16.2 Å². The number of aromatic nitrogens is 1. The number of anilines is 1. The first-order chi connectivity index (χ1) is 12.9. The summed E-state index contributed by atoms with van der Waals surface area (Å²) in [5.74, 6) is -2.35. The molecule has 144 valence electrons. The van der Waals surface area contributed by atoms with Gasteiger partial charge in [-0.1, -0.05) is 5.16 Å². The van der Waals surface area contributed by atoms with Crippen LogP contribution in [-0.4, -0.2) is 74.5 Å². The second kappa shape index (κ2) is 7.54. The highest BCUT2D eigenvalue weighted by Crippen LogP contribution is 2.40. The Kier molecular flexibility index (Phi) is 5.34. The number of rotatable bonds is 6. The minimum Gasteiger partial charge on any atom is -0.477 e. The maximum atomic E-state index is 12.6. The van der Waals surface area contributed by atoms with Gasteiger partial charge in [-0.2, -0.15) is 0 Å². The Bertz CT molecular complexity index is 866. The van der Waals surface area contributed by atoms with Crippen molar-refractivity contribution < 1.29 is 29.4 Å². The summed E-state index contributed by atoms with van der Waals surface area (Å²) in [7, 11) is 1.26. The Labute approximate surface area is 160 Å². The van der Waals surface area contributed by atoms with Crippen LogP contribution in [0.4, 0.5) is 5.13 Å². The molecule has 0 bridgehead atoms. The number of carboxylic acid groups (broad SMARTS) is 1. The van der Waals surface area contributed by atoms with Crippen LogP contribution in [0.2, 0.25) is 0 Å². The highest BCUT2D eigenvalue weighted by molar-refractivity contribution is 8.00. The molecule has 13 heteroatoms. The number of aliphatic hydroxyl groups excluding tert-OH is 1. The fourth-order valence-corrected chi connectivity index (χ4v) is 4.59. The molecule has 2 aliphatic rings. The molecule has 1 aromatic rings. The van der Waals surface area contributed by atoms with E-state index in [0.29, 0.717) is 0 Å². The summed E-state index contributed by atoms with van der Waals surface area (Å²) in [6, 6.07) is -0.935. The lowest BCUT2D eigenvalue weighted by atomic mass is 10.0. The summed E-state index contributed by atoms with van der Waals surface area (Å²) in [4.78, 5) is 46.2. The monoisotopic (exact) mass is 413 g/mol. The van der Waals surface area contributed by atoms with Crippen LogP contribution < -0.4 is 11.1 Å². The molecule has 0 aliphatic carbocycles. The highest BCUT2D eigenvalue weighted by atomic mass is 32.2. The molecule has 2 atom stereocenters. The summed E-state index contributed by atoms with van der Waals surface area (Å²) < 4.78 is 0. The molecule has 5 N–H and O–H groups in total. The number of hydrogen-bond donors (Lipinski definition) is 4. The third kappa shape index (κ3) is 3.36. The third-order valence-electron chi connectivity index (χ3n) is 3.89. The van der Waals surface area contributed by atoms with Crippen LogP contribution in [-0.2, 0) is 19.2 Å². The molecule has 27 heavy (non-hydrogen) atoms. The zero-order valence-electron chi connectivity index (χ0n) is 13.9. The number of hydrogen-bond acceptors (Lipinski definition) is 10. The van der Waals surface area contributed by atoms with Crippen molar-refractivity contribution in [3.63, 3.8) is 0 Å². The van der Waals surface area contributed by atoms with Gasteiger partial charge in [0.05, 0.1) is 6.61 Å². The number of oxime groups is 1. The van der Waals surface area contributed by atoms with Crippen molar-refractivity contribution in [3.8, 4) is 0 Å². The van der Waals surface area contributed by atoms with Gasteiger partial charge in [-0.05, 0) is 5.57 Å². The molecule has 0 saturated carbocycles. The van der Waals surface area contributed by atoms with Gasteiger partial charge in [-0.15, -0.1) is 23.1 Å². The molecule has 1 saturated heterocycles. The smallest absolute Gasteiger partial charge is 0.352 e. The minimum atomic E-state index is -1.30. The zero-order chi connectivity index (χ0) is 19.7. The van der Waals surface area contributed by atoms with E-state index in [-0.39, 0.29) is 33.6 Å². The quantitative estimate of drug-likeness (QED) is 0.254. The van der Waals surface area contributed by atoms with Crippen molar-refractivity contribution in [2.24, 2.45) is 5.16 Å². The molecule has 2 aliphatic heterocycles. The fourth-order valence-electron chi connectivity index (χ4n) is 2.71. The summed E-state index contributed by atoms with van der Waals surface area (Å²) in [5.41, 5.74) is 5.62. The molecule has 11 nitrogen and oxygen atoms in total. The number of carbonyl (C=O) groups excluding carboxylic acids is 2. The van der Waals surface area contributed by atoms with Gasteiger partial charge in [-0.25, -0.2) is 9.78 Å². The average Bonchev–Trinajstić information content (AvgIpc) is 3.08. The van der Waals surface area contributed by atoms with Gasteiger partial charge in [-0.3, -0.25) is 14.5 Å².